The van der Waals surface area contributed by atoms with Crippen LogP contribution in [0.15, 0.2) is 0 Å². The van der Waals surface area contributed by atoms with Crippen molar-refractivity contribution in [3.8, 4) is 0 Å². The van der Waals surface area contributed by atoms with Gasteiger partial charge < -0.3 is 10.4 Å². The smallest absolute Gasteiger partial charge is 0.303 e. The Morgan fingerprint density at radius 1 is 1.26 bits per heavy atom. The third-order valence-corrected chi connectivity index (χ3v) is 4.07. The Morgan fingerprint density at radius 2 is 1.84 bits per heavy atom. The molecule has 0 unspecified atom stereocenters. The Labute approximate surface area is 116 Å². The zero-order valence-electron chi connectivity index (χ0n) is 12.4. The summed E-state index contributed by atoms with van der Waals surface area (Å²) in [5, 5.41) is 11.9. The van der Waals surface area contributed by atoms with Crippen molar-refractivity contribution in [2.45, 2.75) is 59.3 Å². The highest BCUT2D eigenvalue weighted by atomic mass is 16.4. The van der Waals surface area contributed by atoms with E-state index in [0.29, 0.717) is 12.5 Å². The average Bonchev–Trinajstić information content (AvgIpc) is 2.72. The van der Waals surface area contributed by atoms with Crippen molar-refractivity contribution in [1.82, 2.24) is 5.32 Å². The lowest BCUT2D eigenvalue weighted by Crippen LogP contribution is -2.40. The lowest BCUT2D eigenvalue weighted by atomic mass is 9.87. The molecule has 110 valence electrons. The molecule has 0 bridgehead atoms. The fourth-order valence-corrected chi connectivity index (χ4v) is 2.99. The minimum absolute atomic E-state index is 0.0338. The highest BCUT2D eigenvalue weighted by molar-refractivity contribution is 5.82. The highest BCUT2D eigenvalue weighted by Crippen LogP contribution is 2.37. The van der Waals surface area contributed by atoms with Gasteiger partial charge in [0.05, 0.1) is 0 Å². The maximum atomic E-state index is 12.2. The molecule has 0 spiro atoms. The van der Waals surface area contributed by atoms with Gasteiger partial charge in [-0.25, -0.2) is 0 Å². The summed E-state index contributed by atoms with van der Waals surface area (Å²) < 4.78 is 0. The predicted octanol–water partition coefficient (Wildman–Crippen LogP) is 2.82. The maximum absolute atomic E-state index is 12.2. The van der Waals surface area contributed by atoms with Crippen LogP contribution in [-0.4, -0.2) is 23.5 Å². The van der Waals surface area contributed by atoms with Gasteiger partial charge in [-0.15, -0.1) is 0 Å². The minimum atomic E-state index is -0.785. The van der Waals surface area contributed by atoms with Gasteiger partial charge in [-0.2, -0.15) is 0 Å². The van der Waals surface area contributed by atoms with Crippen LogP contribution in [0, 0.1) is 17.3 Å². The fraction of sp³-hybridized carbons (Fsp3) is 0.867. The van der Waals surface area contributed by atoms with E-state index in [4.69, 9.17) is 5.11 Å². The number of aliphatic carboxylic acids is 1. The van der Waals surface area contributed by atoms with Crippen molar-refractivity contribution in [1.29, 1.82) is 0 Å². The first-order valence-corrected chi connectivity index (χ1v) is 7.33. The Hall–Kier alpha value is -1.06. The van der Waals surface area contributed by atoms with Gasteiger partial charge >= 0.3 is 5.97 Å². The standard InChI is InChI=1S/C15H27NO3/c1-11(2)8-12(9-13(17)18)10-16-14(19)15(3)6-4-5-7-15/h11-12H,4-10H2,1-3H3,(H,16,19)(H,17,18)/t12-/m0/s1. The van der Waals surface area contributed by atoms with Crippen LogP contribution >= 0.6 is 0 Å². The molecule has 2 N–H and O–H groups in total. The van der Waals surface area contributed by atoms with Gasteiger partial charge in [-0.3, -0.25) is 9.59 Å². The van der Waals surface area contributed by atoms with Crippen LogP contribution in [0.3, 0.4) is 0 Å². The van der Waals surface area contributed by atoms with E-state index in [-0.39, 0.29) is 23.7 Å². The molecule has 0 saturated heterocycles. The summed E-state index contributed by atoms with van der Waals surface area (Å²) in [6.45, 7) is 6.66. The molecule has 0 aromatic rings. The minimum Gasteiger partial charge on any atom is -0.481 e. The number of amides is 1. The second-order valence-electron chi connectivity index (χ2n) is 6.57. The maximum Gasteiger partial charge on any atom is 0.303 e. The number of carbonyl (C=O) groups is 2. The van der Waals surface area contributed by atoms with E-state index in [1.807, 2.05) is 6.92 Å². The molecule has 1 fully saturated rings. The molecular formula is C15H27NO3. The first-order valence-electron chi connectivity index (χ1n) is 7.33. The van der Waals surface area contributed by atoms with Crippen molar-refractivity contribution >= 4 is 11.9 Å². The van der Waals surface area contributed by atoms with Crippen molar-refractivity contribution in [2.75, 3.05) is 6.54 Å². The molecule has 0 aromatic heterocycles. The van der Waals surface area contributed by atoms with E-state index in [1.54, 1.807) is 0 Å². The molecule has 1 amide bonds. The molecule has 0 aromatic carbocycles. The zero-order chi connectivity index (χ0) is 14.5. The zero-order valence-corrected chi connectivity index (χ0v) is 12.4. The Bertz CT molecular complexity index is 319. The van der Waals surface area contributed by atoms with E-state index in [0.717, 1.165) is 32.1 Å². The molecule has 4 nitrogen and oxygen atoms in total. The second-order valence-corrected chi connectivity index (χ2v) is 6.57. The number of carbonyl (C=O) groups excluding carboxylic acids is 1. The summed E-state index contributed by atoms with van der Waals surface area (Å²) in [7, 11) is 0. The summed E-state index contributed by atoms with van der Waals surface area (Å²) >= 11 is 0. The van der Waals surface area contributed by atoms with Gasteiger partial charge in [0.1, 0.15) is 0 Å². The van der Waals surface area contributed by atoms with Crippen LogP contribution in [0.2, 0.25) is 0 Å². The molecule has 1 aliphatic carbocycles. The third-order valence-electron chi connectivity index (χ3n) is 4.07. The van der Waals surface area contributed by atoms with Crippen molar-refractivity contribution < 1.29 is 14.7 Å². The number of rotatable bonds is 7. The summed E-state index contributed by atoms with van der Waals surface area (Å²) in [6, 6.07) is 0. The van der Waals surface area contributed by atoms with Gasteiger partial charge in [0.15, 0.2) is 0 Å². The summed E-state index contributed by atoms with van der Waals surface area (Å²) in [5.74, 6) is -0.203. The van der Waals surface area contributed by atoms with Gasteiger partial charge in [-0.1, -0.05) is 33.6 Å². The largest absolute Gasteiger partial charge is 0.481 e. The quantitative estimate of drug-likeness (QED) is 0.747. The second kappa shape index (κ2) is 6.92. The van der Waals surface area contributed by atoms with Crippen molar-refractivity contribution in [2.24, 2.45) is 17.3 Å². The van der Waals surface area contributed by atoms with E-state index >= 15 is 0 Å². The molecule has 1 rings (SSSR count). The van der Waals surface area contributed by atoms with Crippen molar-refractivity contribution in [3.05, 3.63) is 0 Å². The van der Waals surface area contributed by atoms with E-state index in [1.165, 1.54) is 0 Å². The number of hydrogen-bond donors (Lipinski definition) is 2. The molecule has 1 atom stereocenters. The van der Waals surface area contributed by atoms with Crippen LogP contribution in [0.5, 0.6) is 0 Å². The number of nitrogens with one attached hydrogen (secondary N) is 1. The van der Waals surface area contributed by atoms with Crippen LogP contribution in [0.4, 0.5) is 0 Å². The van der Waals surface area contributed by atoms with Crippen molar-refractivity contribution in [3.63, 3.8) is 0 Å². The SMILES string of the molecule is CC(C)C[C@H](CNC(=O)C1(C)CCCC1)CC(=O)O. The molecule has 4 heteroatoms. The summed E-state index contributed by atoms with van der Waals surface area (Å²) in [5.41, 5.74) is -0.231. The highest BCUT2D eigenvalue weighted by Gasteiger charge is 2.36. The van der Waals surface area contributed by atoms with E-state index in [9.17, 15) is 9.59 Å². The first kappa shape index (κ1) is 16.0. The van der Waals surface area contributed by atoms with Crippen LogP contribution in [-0.2, 0) is 9.59 Å². The Balaban J connectivity index is 2.46. The number of hydrogen-bond acceptors (Lipinski definition) is 2. The van der Waals surface area contributed by atoms with Gasteiger partial charge in [-0.05, 0) is 31.1 Å². The van der Waals surface area contributed by atoms with Crippen LogP contribution < -0.4 is 5.32 Å². The Morgan fingerprint density at radius 3 is 2.32 bits per heavy atom. The fourth-order valence-electron chi connectivity index (χ4n) is 2.99. The van der Waals surface area contributed by atoms with Gasteiger partial charge in [0, 0.05) is 18.4 Å². The third kappa shape index (κ3) is 5.21. The summed E-state index contributed by atoms with van der Waals surface area (Å²) in [6.07, 6.45) is 5.11. The van der Waals surface area contributed by atoms with E-state index < -0.39 is 5.97 Å². The summed E-state index contributed by atoms with van der Waals surface area (Å²) in [4.78, 5) is 23.0. The molecule has 0 aliphatic heterocycles. The lowest BCUT2D eigenvalue weighted by Gasteiger charge is -2.24. The van der Waals surface area contributed by atoms with Gasteiger partial charge in [0.25, 0.3) is 0 Å². The normalized spacial score (nSPS) is 19.4. The predicted molar refractivity (Wildman–Crippen MR) is 74.8 cm³/mol. The van der Waals surface area contributed by atoms with E-state index in [2.05, 4.69) is 19.2 Å². The topological polar surface area (TPSA) is 66.4 Å². The molecule has 19 heavy (non-hydrogen) atoms. The molecular weight excluding hydrogens is 242 g/mol. The van der Waals surface area contributed by atoms with Gasteiger partial charge in [0.2, 0.25) is 5.91 Å². The lowest BCUT2D eigenvalue weighted by molar-refractivity contribution is -0.138. The Kier molecular flexibility index (Phi) is 5.83. The molecule has 1 aliphatic rings. The van der Waals surface area contributed by atoms with Crippen LogP contribution in [0.25, 0.3) is 0 Å². The number of carboxylic acid groups (broad SMARTS) is 1. The number of carboxylic acids is 1. The monoisotopic (exact) mass is 269 g/mol. The molecule has 1 saturated carbocycles. The average molecular weight is 269 g/mol. The molecule has 0 radical (unpaired) electrons. The molecule has 0 heterocycles. The van der Waals surface area contributed by atoms with Crippen LogP contribution in [0.1, 0.15) is 59.3 Å². The first-order chi connectivity index (χ1) is 8.83.